The fraction of sp³-hybridized carbons (Fsp3) is 0.429. The molecule has 0 saturated heterocycles. The van der Waals surface area contributed by atoms with Crippen LogP contribution in [0.4, 0.5) is 5.69 Å². The van der Waals surface area contributed by atoms with E-state index >= 15 is 0 Å². The zero-order chi connectivity index (χ0) is 15.1. The molecule has 5 nitrogen and oxygen atoms in total. The predicted octanol–water partition coefficient (Wildman–Crippen LogP) is 2.32. The third-order valence-electron chi connectivity index (χ3n) is 2.92. The van der Waals surface area contributed by atoms with Gasteiger partial charge in [0.05, 0.1) is 23.2 Å². The second-order valence-electron chi connectivity index (χ2n) is 4.60. The summed E-state index contributed by atoms with van der Waals surface area (Å²) in [6.45, 7) is 4.59. The predicted molar refractivity (Wildman–Crippen MR) is 79.0 cm³/mol. The van der Waals surface area contributed by atoms with Crippen molar-refractivity contribution in [1.82, 2.24) is 4.90 Å². The Morgan fingerprint density at radius 3 is 2.60 bits per heavy atom. The van der Waals surface area contributed by atoms with Crippen LogP contribution in [0.25, 0.3) is 0 Å². The van der Waals surface area contributed by atoms with Gasteiger partial charge in [0.25, 0.3) is 0 Å². The van der Waals surface area contributed by atoms with Crippen molar-refractivity contribution in [2.24, 2.45) is 5.92 Å². The van der Waals surface area contributed by atoms with E-state index in [2.05, 4.69) is 5.32 Å². The highest BCUT2D eigenvalue weighted by Crippen LogP contribution is 2.20. The van der Waals surface area contributed by atoms with Gasteiger partial charge in [0.15, 0.2) is 0 Å². The van der Waals surface area contributed by atoms with E-state index in [0.717, 1.165) is 0 Å². The van der Waals surface area contributed by atoms with E-state index in [9.17, 15) is 9.59 Å². The molecule has 2 N–H and O–H groups in total. The van der Waals surface area contributed by atoms with Crippen molar-refractivity contribution in [3.05, 3.63) is 29.3 Å². The Balaban J connectivity index is 2.55. The zero-order valence-electron chi connectivity index (χ0n) is 11.6. The SMILES string of the molecule is CCN(CC(=O)Nc1ccccc1Cl)CC(C)C(=O)O. The molecular formula is C14H19ClN2O3. The number of hydrogen-bond acceptors (Lipinski definition) is 3. The average molecular weight is 299 g/mol. The van der Waals surface area contributed by atoms with E-state index in [1.807, 2.05) is 6.92 Å². The summed E-state index contributed by atoms with van der Waals surface area (Å²) in [5, 5.41) is 12.1. The molecule has 0 aliphatic heterocycles. The van der Waals surface area contributed by atoms with Crippen molar-refractivity contribution in [3.63, 3.8) is 0 Å². The van der Waals surface area contributed by atoms with Crippen LogP contribution in [-0.4, -0.2) is 41.5 Å². The van der Waals surface area contributed by atoms with E-state index in [4.69, 9.17) is 16.7 Å². The average Bonchev–Trinajstić information content (AvgIpc) is 2.40. The second-order valence-corrected chi connectivity index (χ2v) is 5.00. The van der Waals surface area contributed by atoms with Gasteiger partial charge in [0.1, 0.15) is 0 Å². The van der Waals surface area contributed by atoms with Crippen LogP contribution in [-0.2, 0) is 9.59 Å². The number of carbonyl (C=O) groups is 2. The van der Waals surface area contributed by atoms with Crippen LogP contribution in [0.3, 0.4) is 0 Å². The Hall–Kier alpha value is -1.59. The number of carbonyl (C=O) groups excluding carboxylic acids is 1. The van der Waals surface area contributed by atoms with Crippen LogP contribution in [0.1, 0.15) is 13.8 Å². The Bertz CT molecular complexity index is 479. The normalized spacial score (nSPS) is 12.2. The highest BCUT2D eigenvalue weighted by Gasteiger charge is 2.17. The Morgan fingerprint density at radius 2 is 2.05 bits per heavy atom. The standard InChI is InChI=1S/C14H19ClN2O3/c1-3-17(8-10(2)14(19)20)9-13(18)16-12-7-5-4-6-11(12)15/h4-7,10H,3,8-9H2,1-2H3,(H,16,18)(H,19,20). The number of hydrogen-bond donors (Lipinski definition) is 2. The van der Waals surface area contributed by atoms with Crippen LogP contribution < -0.4 is 5.32 Å². The smallest absolute Gasteiger partial charge is 0.307 e. The van der Waals surface area contributed by atoms with Crippen LogP contribution in [0.5, 0.6) is 0 Å². The number of nitrogens with one attached hydrogen (secondary N) is 1. The van der Waals surface area contributed by atoms with Gasteiger partial charge >= 0.3 is 5.97 Å². The van der Waals surface area contributed by atoms with Crippen LogP contribution in [0.15, 0.2) is 24.3 Å². The van der Waals surface area contributed by atoms with Crippen molar-refractivity contribution < 1.29 is 14.7 Å². The van der Waals surface area contributed by atoms with E-state index in [0.29, 0.717) is 23.8 Å². The Kier molecular flexibility index (Phi) is 6.48. The molecule has 0 heterocycles. The maximum atomic E-state index is 11.9. The first-order valence-electron chi connectivity index (χ1n) is 6.43. The van der Waals surface area contributed by atoms with Gasteiger partial charge in [-0.05, 0) is 18.7 Å². The fourth-order valence-electron chi connectivity index (χ4n) is 1.73. The minimum Gasteiger partial charge on any atom is -0.481 e. The number of carboxylic acid groups (broad SMARTS) is 1. The summed E-state index contributed by atoms with van der Waals surface area (Å²) in [5.74, 6) is -1.59. The molecule has 0 radical (unpaired) electrons. The molecule has 0 aliphatic rings. The van der Waals surface area contributed by atoms with E-state index < -0.39 is 11.9 Å². The summed E-state index contributed by atoms with van der Waals surface area (Å²) in [5.41, 5.74) is 0.557. The first-order valence-corrected chi connectivity index (χ1v) is 6.81. The number of carboxylic acids is 1. The molecule has 1 amide bonds. The fourth-order valence-corrected chi connectivity index (χ4v) is 1.91. The molecular weight excluding hydrogens is 280 g/mol. The van der Waals surface area contributed by atoms with Gasteiger partial charge in [-0.15, -0.1) is 0 Å². The van der Waals surface area contributed by atoms with Crippen molar-refractivity contribution in [2.45, 2.75) is 13.8 Å². The lowest BCUT2D eigenvalue weighted by atomic mass is 10.1. The lowest BCUT2D eigenvalue weighted by molar-refractivity contribution is -0.142. The summed E-state index contributed by atoms with van der Waals surface area (Å²) >= 11 is 5.96. The summed E-state index contributed by atoms with van der Waals surface area (Å²) in [4.78, 5) is 24.5. The first-order chi connectivity index (χ1) is 9.43. The molecule has 110 valence electrons. The molecule has 1 aromatic rings. The molecule has 0 saturated carbocycles. The number of halogens is 1. The molecule has 0 aromatic heterocycles. The molecule has 6 heteroatoms. The summed E-state index contributed by atoms with van der Waals surface area (Å²) in [7, 11) is 0. The largest absolute Gasteiger partial charge is 0.481 e. The molecule has 1 atom stereocenters. The van der Waals surface area contributed by atoms with Gasteiger partial charge in [-0.3, -0.25) is 14.5 Å². The van der Waals surface area contributed by atoms with E-state index in [-0.39, 0.29) is 12.5 Å². The van der Waals surface area contributed by atoms with Gasteiger partial charge in [0, 0.05) is 6.54 Å². The molecule has 20 heavy (non-hydrogen) atoms. The van der Waals surface area contributed by atoms with Crippen LogP contribution in [0, 0.1) is 5.92 Å². The van der Waals surface area contributed by atoms with Crippen LogP contribution >= 0.6 is 11.6 Å². The number of benzene rings is 1. The van der Waals surface area contributed by atoms with Crippen molar-refractivity contribution in [3.8, 4) is 0 Å². The third kappa shape index (κ3) is 5.19. The lowest BCUT2D eigenvalue weighted by Crippen LogP contribution is -2.37. The van der Waals surface area contributed by atoms with E-state index in [1.165, 1.54) is 0 Å². The summed E-state index contributed by atoms with van der Waals surface area (Å²) in [6, 6.07) is 6.98. The van der Waals surface area contributed by atoms with Gasteiger partial charge in [0.2, 0.25) is 5.91 Å². The topological polar surface area (TPSA) is 69.6 Å². The molecule has 1 rings (SSSR count). The zero-order valence-corrected chi connectivity index (χ0v) is 12.4. The maximum Gasteiger partial charge on any atom is 0.307 e. The highest BCUT2D eigenvalue weighted by atomic mass is 35.5. The number of anilines is 1. The van der Waals surface area contributed by atoms with Crippen molar-refractivity contribution in [2.75, 3.05) is 25.0 Å². The number of para-hydroxylation sites is 1. The third-order valence-corrected chi connectivity index (χ3v) is 3.25. The van der Waals surface area contributed by atoms with Gasteiger partial charge in [-0.25, -0.2) is 0 Å². The van der Waals surface area contributed by atoms with Gasteiger partial charge < -0.3 is 10.4 Å². The number of nitrogens with zero attached hydrogens (tertiary/aromatic N) is 1. The van der Waals surface area contributed by atoms with E-state index in [1.54, 1.807) is 36.1 Å². The summed E-state index contributed by atoms with van der Waals surface area (Å²) in [6.07, 6.45) is 0. The maximum absolute atomic E-state index is 11.9. The Labute approximate surface area is 123 Å². The quantitative estimate of drug-likeness (QED) is 0.810. The lowest BCUT2D eigenvalue weighted by Gasteiger charge is -2.21. The molecule has 0 fully saturated rings. The minimum absolute atomic E-state index is 0.138. The Morgan fingerprint density at radius 1 is 1.40 bits per heavy atom. The number of aliphatic carboxylic acids is 1. The molecule has 1 aromatic carbocycles. The molecule has 0 spiro atoms. The number of amides is 1. The summed E-state index contributed by atoms with van der Waals surface area (Å²) < 4.78 is 0. The second kappa shape index (κ2) is 7.87. The van der Waals surface area contributed by atoms with Crippen molar-refractivity contribution >= 4 is 29.2 Å². The van der Waals surface area contributed by atoms with Crippen molar-refractivity contribution in [1.29, 1.82) is 0 Å². The highest BCUT2D eigenvalue weighted by molar-refractivity contribution is 6.33. The van der Waals surface area contributed by atoms with Gasteiger partial charge in [-0.2, -0.15) is 0 Å². The van der Waals surface area contributed by atoms with Crippen LogP contribution in [0.2, 0.25) is 5.02 Å². The number of likely N-dealkylation sites (N-methyl/N-ethyl adjacent to an activating group) is 1. The molecule has 0 bridgehead atoms. The minimum atomic E-state index is -0.866. The van der Waals surface area contributed by atoms with Gasteiger partial charge in [-0.1, -0.05) is 37.6 Å². The number of rotatable bonds is 7. The molecule has 1 unspecified atom stereocenters. The molecule has 0 aliphatic carbocycles. The first kappa shape index (κ1) is 16.5. The monoisotopic (exact) mass is 298 g/mol.